The summed E-state index contributed by atoms with van der Waals surface area (Å²) < 4.78 is 8.23. The van der Waals surface area contributed by atoms with Gasteiger partial charge < -0.3 is 33.1 Å². The van der Waals surface area contributed by atoms with Crippen molar-refractivity contribution in [1.29, 1.82) is 0 Å². The molecule has 1 N–H and O–H groups in total. The fraction of sp³-hybridized carbons (Fsp3) is 0.378. The van der Waals surface area contributed by atoms with Crippen LogP contribution in [0.2, 0.25) is 5.02 Å². The van der Waals surface area contributed by atoms with Gasteiger partial charge in [-0.3, -0.25) is 63.5 Å². The predicted octanol–water partition coefficient (Wildman–Crippen LogP) is 18.4. The van der Waals surface area contributed by atoms with Gasteiger partial charge in [-0.05, 0) is 261 Å². The van der Waals surface area contributed by atoms with Crippen LogP contribution in [0, 0.1) is 61.3 Å². The van der Waals surface area contributed by atoms with E-state index >= 15 is 0 Å². The number of aryl methyl sites for hydroxylation is 3. The summed E-state index contributed by atoms with van der Waals surface area (Å²) in [6.07, 6.45) is 16.6. The van der Waals surface area contributed by atoms with E-state index < -0.39 is 0 Å². The minimum Gasteiger partial charge on any atom is -0.393 e. The maximum Gasteiger partial charge on any atom is 0.226 e. The van der Waals surface area contributed by atoms with E-state index in [0.29, 0.717) is 95.4 Å². The molecule has 4 aliphatic heterocycles. The van der Waals surface area contributed by atoms with E-state index in [4.69, 9.17) is 46.3 Å². The van der Waals surface area contributed by atoms with E-state index in [1.807, 2.05) is 156 Å². The van der Waals surface area contributed by atoms with E-state index in [9.17, 15) is 33.9 Å². The Morgan fingerprint density at radius 2 is 0.844 bits per heavy atom. The Balaban J connectivity index is 0.000000141. The van der Waals surface area contributed by atoms with Crippen molar-refractivity contribution in [2.24, 2.45) is 0 Å². The topological polar surface area (TPSA) is 223 Å². The lowest BCUT2D eigenvalue weighted by atomic mass is 10.0. The molecule has 0 radical (unpaired) electrons. The summed E-state index contributed by atoms with van der Waals surface area (Å²) in [7, 11) is 1.79. The van der Waals surface area contributed by atoms with E-state index in [2.05, 4.69) is 58.9 Å². The highest BCUT2D eigenvalue weighted by Gasteiger charge is 2.31. The zero-order chi connectivity index (χ0) is 86.4. The number of hydrogen-bond acceptors (Lipinski definition) is 15. The number of amides is 1. The fourth-order valence-corrected chi connectivity index (χ4v) is 17.5. The number of halogens is 1. The lowest BCUT2D eigenvalue weighted by Gasteiger charge is -2.28. The number of aromatic nitrogens is 8. The summed E-state index contributed by atoms with van der Waals surface area (Å²) in [6.45, 7) is 46.5. The Labute approximate surface area is 719 Å². The minimum atomic E-state index is -0.244. The summed E-state index contributed by atoms with van der Waals surface area (Å²) in [4.78, 5) is 117. The first kappa shape index (κ1) is 87.8. The largest absolute Gasteiger partial charge is 0.393 e. The number of hydrogen-bond donors (Lipinski definition) is 1. The second-order valence-corrected chi connectivity index (χ2v) is 33.0. The van der Waals surface area contributed by atoms with Gasteiger partial charge in [-0.25, -0.2) is 14.5 Å². The third kappa shape index (κ3) is 20.1. The van der Waals surface area contributed by atoms with Crippen molar-refractivity contribution >= 4 is 108 Å². The van der Waals surface area contributed by atoms with Gasteiger partial charge in [-0.1, -0.05) is 67.3 Å². The van der Waals surface area contributed by atoms with Crippen LogP contribution in [0.3, 0.4) is 0 Å². The first-order valence-electron chi connectivity index (χ1n) is 42.5. The SMILES string of the molecule is Cc1c(C(=O)CN2CCC(O)CC2)c2ncccc2n1-c1ccc(Cl)cc1.[C-]#[N+]c1ccc(-n2c(C)c(C(=O)CN3CCCCC3)c3nc(C)c(CCC(C)=O)cc32)cc1.[C-]#[N+]c1ccc(-n2c(C)c(C(=O)CN3CCCCC3)c3nc(C)ccc32)cc1.[C-]#[N+]c1ccc(-n2c(C)c(C(=O)CN3CCCCC3)c3ncc(CC(=O)N(C)CC)cc32)cc1. The lowest BCUT2D eigenvalue weighted by molar-refractivity contribution is -0.129. The van der Waals surface area contributed by atoms with Crippen LogP contribution in [-0.2, 0) is 22.4 Å². The number of nitrogens with zero attached hydrogens (tertiary/aromatic N) is 16. The Hall–Kier alpha value is -12.0. The number of likely N-dealkylation sites (N-methyl/N-ethyl adjacent to an activating group) is 1. The second kappa shape index (κ2) is 40.1. The molecule has 0 spiro atoms. The lowest BCUT2D eigenvalue weighted by Crippen LogP contribution is -2.39. The molecule has 4 aromatic carbocycles. The highest BCUT2D eigenvalue weighted by Crippen LogP contribution is 2.37. The number of rotatable bonds is 22. The number of Topliss-reactive ketones (excluding diaryl/α,β-unsaturated/α-hetero) is 5. The third-order valence-corrected chi connectivity index (χ3v) is 24.3. The Kier molecular flexibility index (Phi) is 28.9. The Morgan fingerprint density at radius 1 is 0.467 bits per heavy atom. The number of aliphatic hydroxyl groups is 1. The first-order valence-corrected chi connectivity index (χ1v) is 42.9. The molecule has 0 aliphatic carbocycles. The maximum atomic E-state index is 13.5. The number of likely N-dealkylation sites (tertiary alicyclic amines) is 4. The molecule has 0 saturated carbocycles. The molecule has 0 atom stereocenters. The summed E-state index contributed by atoms with van der Waals surface area (Å²) in [5.74, 6) is 0.552. The molecule has 1 amide bonds. The van der Waals surface area contributed by atoms with E-state index in [1.54, 1.807) is 55.5 Å². The van der Waals surface area contributed by atoms with Crippen LogP contribution in [0.1, 0.15) is 178 Å². The van der Waals surface area contributed by atoms with Crippen LogP contribution in [0.4, 0.5) is 17.1 Å². The Bertz CT molecular complexity index is 5990. The molecule has 12 aromatic rings. The molecular formula is C98H107ClN16O7. The number of fused-ring (bicyclic) bond motifs is 4. The number of carbonyl (C=O) groups excluding carboxylic acids is 6. The molecular weight excluding hydrogens is 1550 g/mol. The van der Waals surface area contributed by atoms with Crippen molar-refractivity contribution < 1.29 is 33.9 Å². The van der Waals surface area contributed by atoms with Gasteiger partial charge in [0.2, 0.25) is 5.91 Å². The van der Waals surface area contributed by atoms with Crippen LogP contribution in [0.15, 0.2) is 146 Å². The monoisotopic (exact) mass is 1650 g/mol. The van der Waals surface area contributed by atoms with Gasteiger partial charge >= 0.3 is 0 Å². The van der Waals surface area contributed by atoms with Crippen LogP contribution in [0.5, 0.6) is 0 Å². The molecule has 628 valence electrons. The molecule has 0 unspecified atom stereocenters. The normalized spacial score (nSPS) is 14.8. The quantitative estimate of drug-likeness (QED) is 0.0492. The standard InChI is InChI=1S/C27H31N5O2.C27H30N4O2.C23H24N4O.C21H22ClN3O2/c1-5-30(4)25(34)16-20-15-23-27(29-17-20)26(24(33)18-31-13-7-6-8-14-31)19(2)32(23)22-11-9-21(28-3)10-12-22;1-18(32)8-9-21-16-24-27(29-19(21)2)26(25(33)17-30-14-6-5-7-15-30)20(3)31(24)23-12-10-22(28-4)11-13-23;1-16-7-12-20-23(25-16)22(21(28)15-26-13-5-4-6-14-26)17(2)27(20)19-10-8-18(24-3)9-11-19;1-14-20(19(27)13-24-11-8-17(26)9-12-24)21-18(3-2-10-23-21)25(14)16-6-4-15(22)5-7-16/h9-12,15,17H,5-8,13-14,16,18H2,1-2,4H3;10-13,16H,5-9,14-15,17H2,1-3H3;7-12H,4-6,13-15H2,1-2H3;2-7,10,17,26H,8-9,11-13H2,1H3. The van der Waals surface area contributed by atoms with Gasteiger partial charge in [0.1, 0.15) is 5.78 Å². The third-order valence-electron chi connectivity index (χ3n) is 24.0. The smallest absolute Gasteiger partial charge is 0.226 e. The molecule has 16 rings (SSSR count). The van der Waals surface area contributed by atoms with Gasteiger partial charge in [0.25, 0.3) is 0 Å². The number of piperidine rings is 4. The summed E-state index contributed by atoms with van der Waals surface area (Å²) in [5.41, 5.74) is 21.6. The fourth-order valence-electron chi connectivity index (χ4n) is 17.4. The van der Waals surface area contributed by atoms with Gasteiger partial charge in [0.05, 0.1) is 125 Å². The van der Waals surface area contributed by atoms with Crippen LogP contribution in [0.25, 0.3) is 81.4 Å². The Morgan fingerprint density at radius 3 is 1.26 bits per heavy atom. The van der Waals surface area contributed by atoms with Crippen LogP contribution >= 0.6 is 11.6 Å². The van der Waals surface area contributed by atoms with Gasteiger partial charge in [-0.2, -0.15) is 0 Å². The number of benzene rings is 4. The zero-order valence-corrected chi connectivity index (χ0v) is 72.2. The summed E-state index contributed by atoms with van der Waals surface area (Å²) in [5, 5.41) is 10.4. The predicted molar refractivity (Wildman–Crippen MR) is 482 cm³/mol. The first-order chi connectivity index (χ1) is 58.9. The molecule has 4 fully saturated rings. The number of ketones is 5. The number of pyridine rings is 4. The van der Waals surface area contributed by atoms with Crippen molar-refractivity contribution in [3.8, 4) is 22.7 Å². The van der Waals surface area contributed by atoms with Crippen LogP contribution in [-0.4, -0.2) is 201 Å². The second-order valence-electron chi connectivity index (χ2n) is 32.5. The molecule has 23 nitrogen and oxygen atoms in total. The van der Waals surface area contributed by atoms with Gasteiger partial charge in [0, 0.05) is 107 Å². The van der Waals surface area contributed by atoms with Crippen molar-refractivity contribution in [3.05, 3.63) is 253 Å². The van der Waals surface area contributed by atoms with Crippen molar-refractivity contribution in [2.75, 3.05) is 92.1 Å². The molecule has 24 heteroatoms. The highest BCUT2D eigenvalue weighted by molar-refractivity contribution is 6.30. The molecule has 4 saturated heterocycles. The number of carbonyl (C=O) groups is 6. The summed E-state index contributed by atoms with van der Waals surface area (Å²) in [6, 6.07) is 41.7. The molecule has 8 aromatic heterocycles. The summed E-state index contributed by atoms with van der Waals surface area (Å²) >= 11 is 6.03. The van der Waals surface area contributed by atoms with Gasteiger partial charge in [-0.15, -0.1) is 0 Å². The molecule has 12 heterocycles. The number of aliphatic hydroxyl groups excluding tert-OH is 1. The van der Waals surface area contributed by atoms with E-state index in [1.165, 1.54) is 32.1 Å². The van der Waals surface area contributed by atoms with E-state index in [-0.39, 0.29) is 47.3 Å². The minimum absolute atomic E-state index is 0.0290. The average Bonchev–Trinajstić information content (AvgIpc) is 1.60. The van der Waals surface area contributed by atoms with Crippen molar-refractivity contribution in [2.45, 2.75) is 151 Å². The average molecular weight is 1660 g/mol. The van der Waals surface area contributed by atoms with Gasteiger partial charge in [0.15, 0.2) is 40.2 Å². The maximum absolute atomic E-state index is 13.5. The molecule has 0 bridgehead atoms. The zero-order valence-electron chi connectivity index (χ0n) is 71.5. The highest BCUT2D eigenvalue weighted by atomic mass is 35.5. The molecule has 122 heavy (non-hydrogen) atoms. The van der Waals surface area contributed by atoms with Crippen LogP contribution < -0.4 is 0 Å². The van der Waals surface area contributed by atoms with Crippen molar-refractivity contribution in [1.82, 2.24) is 62.7 Å². The van der Waals surface area contributed by atoms with E-state index in [0.717, 1.165) is 198 Å². The van der Waals surface area contributed by atoms with Crippen molar-refractivity contribution in [3.63, 3.8) is 0 Å². The molecule has 4 aliphatic rings.